The molecule has 2 aromatic rings. The largest absolute Gasteiger partial charge is 0.480 e. The predicted octanol–water partition coefficient (Wildman–Crippen LogP) is -0.227. The number of pyridine rings is 1. The Morgan fingerprint density at radius 3 is 2.90 bits per heavy atom. The number of sulfone groups is 1. The maximum Gasteiger partial charge on any atom is 0.325 e. The molecule has 2 rings (SSSR count). The molecule has 0 aliphatic carbocycles. The highest BCUT2D eigenvalue weighted by molar-refractivity contribution is 7.90. The van der Waals surface area contributed by atoms with Crippen molar-refractivity contribution in [2.75, 3.05) is 11.6 Å². The Hall–Kier alpha value is -2.49. The molecule has 0 amide bonds. The van der Waals surface area contributed by atoms with Gasteiger partial charge in [0.15, 0.2) is 9.84 Å². The maximum absolute atomic E-state index is 11.6. The zero-order valence-electron chi connectivity index (χ0n) is 11.1. The van der Waals surface area contributed by atoms with Crippen molar-refractivity contribution in [3.8, 4) is 0 Å². The minimum atomic E-state index is -3.39. The van der Waals surface area contributed by atoms with Crippen LogP contribution in [-0.4, -0.2) is 45.7 Å². The summed E-state index contributed by atoms with van der Waals surface area (Å²) in [5.41, 5.74) is 0.473. The minimum Gasteiger partial charge on any atom is -0.480 e. The molecule has 0 fully saturated rings. The fourth-order valence-electron chi connectivity index (χ4n) is 1.63. The summed E-state index contributed by atoms with van der Waals surface area (Å²) in [7, 11) is -3.39. The molecule has 0 unspecified atom stereocenters. The van der Waals surface area contributed by atoms with Gasteiger partial charge in [-0.3, -0.25) is 4.79 Å². The first-order valence-electron chi connectivity index (χ1n) is 5.86. The summed E-state index contributed by atoms with van der Waals surface area (Å²) in [6, 6.07) is 2.98. The van der Waals surface area contributed by atoms with E-state index < -0.39 is 15.8 Å². The van der Waals surface area contributed by atoms with Gasteiger partial charge < -0.3 is 10.4 Å². The molecule has 0 saturated carbocycles. The second-order valence-corrected chi connectivity index (χ2v) is 6.26. The molecule has 0 aliphatic rings. The van der Waals surface area contributed by atoms with E-state index >= 15 is 0 Å². The number of anilines is 1. The molecule has 2 aromatic heterocycles. The molecule has 0 spiro atoms. The van der Waals surface area contributed by atoms with E-state index in [2.05, 4.69) is 20.6 Å². The van der Waals surface area contributed by atoms with E-state index in [9.17, 15) is 13.2 Å². The van der Waals surface area contributed by atoms with Gasteiger partial charge in [0.25, 0.3) is 0 Å². The molecule has 10 heteroatoms. The number of carboxylic acid groups (broad SMARTS) is 1. The lowest BCUT2D eigenvalue weighted by Gasteiger charge is -2.07. The number of rotatable bonds is 6. The van der Waals surface area contributed by atoms with E-state index in [1.54, 1.807) is 0 Å². The van der Waals surface area contributed by atoms with Crippen LogP contribution in [0.3, 0.4) is 0 Å². The topological polar surface area (TPSA) is 127 Å². The summed E-state index contributed by atoms with van der Waals surface area (Å²) in [4.78, 5) is 14.6. The molecule has 0 bridgehead atoms. The van der Waals surface area contributed by atoms with Crippen molar-refractivity contribution >= 4 is 21.6 Å². The quantitative estimate of drug-likeness (QED) is 0.749. The third kappa shape index (κ3) is 3.99. The molecular formula is C11H13N5O4S. The van der Waals surface area contributed by atoms with Crippen LogP contribution in [0.2, 0.25) is 0 Å². The molecule has 0 aliphatic heterocycles. The van der Waals surface area contributed by atoms with Crippen molar-refractivity contribution in [1.82, 2.24) is 20.0 Å². The lowest BCUT2D eigenvalue weighted by atomic mass is 10.4. The SMILES string of the molecule is CS(=O)(=O)c1cccnc1NCc1cn(CC(=O)O)nn1. The van der Waals surface area contributed by atoms with Crippen molar-refractivity contribution in [3.63, 3.8) is 0 Å². The molecule has 2 heterocycles. The maximum atomic E-state index is 11.6. The minimum absolute atomic E-state index is 0.0860. The summed E-state index contributed by atoms with van der Waals surface area (Å²) in [5, 5.41) is 18.9. The van der Waals surface area contributed by atoms with E-state index in [4.69, 9.17) is 5.11 Å². The molecular weight excluding hydrogens is 298 g/mol. The van der Waals surface area contributed by atoms with Gasteiger partial charge in [-0.25, -0.2) is 18.1 Å². The monoisotopic (exact) mass is 311 g/mol. The Kier molecular flexibility index (Phi) is 4.17. The summed E-state index contributed by atoms with van der Waals surface area (Å²) >= 11 is 0. The Morgan fingerprint density at radius 1 is 1.48 bits per heavy atom. The highest BCUT2D eigenvalue weighted by Crippen LogP contribution is 2.18. The van der Waals surface area contributed by atoms with Gasteiger partial charge in [0.05, 0.1) is 12.7 Å². The highest BCUT2D eigenvalue weighted by atomic mass is 32.2. The van der Waals surface area contributed by atoms with Crippen LogP contribution in [0.15, 0.2) is 29.4 Å². The first-order valence-corrected chi connectivity index (χ1v) is 7.75. The fraction of sp³-hybridized carbons (Fsp3) is 0.273. The van der Waals surface area contributed by atoms with Crippen molar-refractivity contribution in [3.05, 3.63) is 30.2 Å². The smallest absolute Gasteiger partial charge is 0.325 e. The van der Waals surface area contributed by atoms with Gasteiger partial charge in [0.1, 0.15) is 23.0 Å². The standard InChI is InChI=1S/C11H13N5O4S/c1-21(19,20)9-3-2-4-12-11(9)13-5-8-6-16(15-14-8)7-10(17)18/h2-4,6H,5,7H2,1H3,(H,12,13)(H,17,18). The Bertz CT molecular complexity index is 755. The van der Waals surface area contributed by atoms with E-state index in [1.807, 2.05) is 0 Å². The molecule has 0 radical (unpaired) electrons. The first-order chi connectivity index (χ1) is 9.86. The zero-order valence-corrected chi connectivity index (χ0v) is 11.9. The number of carbonyl (C=O) groups is 1. The van der Waals surface area contributed by atoms with Crippen LogP contribution in [0.4, 0.5) is 5.82 Å². The van der Waals surface area contributed by atoms with Crippen molar-refractivity contribution in [2.45, 2.75) is 18.0 Å². The molecule has 9 nitrogen and oxygen atoms in total. The molecule has 2 N–H and O–H groups in total. The molecule has 21 heavy (non-hydrogen) atoms. The normalized spacial score (nSPS) is 11.3. The molecule has 0 atom stereocenters. The van der Waals surface area contributed by atoms with E-state index in [1.165, 1.54) is 29.2 Å². The summed E-state index contributed by atoms with van der Waals surface area (Å²) < 4.78 is 24.4. The van der Waals surface area contributed by atoms with Crippen LogP contribution < -0.4 is 5.32 Å². The van der Waals surface area contributed by atoms with Crippen molar-refractivity contribution in [2.24, 2.45) is 0 Å². The third-order valence-electron chi connectivity index (χ3n) is 2.49. The average molecular weight is 311 g/mol. The number of aliphatic carboxylic acids is 1. The number of hydrogen-bond donors (Lipinski definition) is 2. The van der Waals surface area contributed by atoms with Gasteiger partial charge in [0, 0.05) is 12.5 Å². The van der Waals surface area contributed by atoms with E-state index in [-0.39, 0.29) is 23.8 Å². The van der Waals surface area contributed by atoms with Gasteiger partial charge in [0.2, 0.25) is 0 Å². The number of aromatic nitrogens is 4. The van der Waals surface area contributed by atoms with Crippen LogP contribution in [0.25, 0.3) is 0 Å². The lowest BCUT2D eigenvalue weighted by molar-refractivity contribution is -0.137. The fourth-order valence-corrected chi connectivity index (χ4v) is 2.43. The van der Waals surface area contributed by atoms with Crippen LogP contribution >= 0.6 is 0 Å². The van der Waals surface area contributed by atoms with Gasteiger partial charge in [-0.15, -0.1) is 5.10 Å². The van der Waals surface area contributed by atoms with Crippen LogP contribution in [-0.2, 0) is 27.7 Å². The first kappa shape index (κ1) is 14.9. The summed E-state index contributed by atoms with van der Waals surface area (Å²) in [6.07, 6.45) is 4.03. The second-order valence-electron chi connectivity index (χ2n) is 4.28. The van der Waals surface area contributed by atoms with E-state index in [0.717, 1.165) is 6.26 Å². The van der Waals surface area contributed by atoms with Crippen molar-refractivity contribution in [1.29, 1.82) is 0 Å². The Balaban J connectivity index is 2.10. The highest BCUT2D eigenvalue weighted by Gasteiger charge is 2.14. The zero-order chi connectivity index (χ0) is 15.5. The lowest BCUT2D eigenvalue weighted by Crippen LogP contribution is -2.09. The van der Waals surface area contributed by atoms with Gasteiger partial charge in [-0.05, 0) is 12.1 Å². The number of hydrogen-bond acceptors (Lipinski definition) is 7. The van der Waals surface area contributed by atoms with Gasteiger partial charge >= 0.3 is 5.97 Å². The summed E-state index contributed by atoms with van der Waals surface area (Å²) in [6.45, 7) is -0.107. The summed E-state index contributed by atoms with van der Waals surface area (Å²) in [5.74, 6) is -0.809. The number of carboxylic acids is 1. The van der Waals surface area contributed by atoms with Crippen LogP contribution in [0.1, 0.15) is 5.69 Å². The number of nitrogens with zero attached hydrogens (tertiary/aromatic N) is 4. The number of nitrogens with one attached hydrogen (secondary N) is 1. The van der Waals surface area contributed by atoms with Crippen LogP contribution in [0.5, 0.6) is 0 Å². The second kappa shape index (κ2) is 5.87. The third-order valence-corrected chi connectivity index (χ3v) is 3.62. The average Bonchev–Trinajstić information content (AvgIpc) is 2.82. The Labute approximate surface area is 120 Å². The molecule has 0 aromatic carbocycles. The van der Waals surface area contributed by atoms with Gasteiger partial charge in [-0.2, -0.15) is 0 Å². The molecule has 112 valence electrons. The van der Waals surface area contributed by atoms with Gasteiger partial charge in [-0.1, -0.05) is 5.21 Å². The van der Waals surface area contributed by atoms with E-state index in [0.29, 0.717) is 5.69 Å². The predicted molar refractivity (Wildman–Crippen MR) is 72.3 cm³/mol. The molecule has 0 saturated heterocycles. The Morgan fingerprint density at radius 2 is 2.24 bits per heavy atom. The van der Waals surface area contributed by atoms with Crippen LogP contribution in [0, 0.1) is 0 Å². The van der Waals surface area contributed by atoms with Crippen molar-refractivity contribution < 1.29 is 18.3 Å².